The maximum Gasteiger partial charge on any atom is 0.414 e. The average Bonchev–Trinajstić information content (AvgIpc) is 3.00. The second-order valence-electron chi connectivity index (χ2n) is 7.62. The van der Waals surface area contributed by atoms with Gasteiger partial charge < -0.3 is 20.7 Å². The molecular weight excluding hydrogens is 367 g/mol. The van der Waals surface area contributed by atoms with Crippen LogP contribution in [0.25, 0.3) is 0 Å². The first kappa shape index (κ1) is 18.7. The normalized spacial score (nSPS) is 28.2. The van der Waals surface area contributed by atoms with E-state index in [1.54, 1.807) is 17.0 Å². The van der Waals surface area contributed by atoms with Crippen molar-refractivity contribution in [3.8, 4) is 0 Å². The summed E-state index contributed by atoms with van der Waals surface area (Å²) in [6, 6.07) is 4.79. The Morgan fingerprint density at radius 1 is 1.29 bits per heavy atom. The van der Waals surface area contributed by atoms with Gasteiger partial charge in [-0.1, -0.05) is 6.07 Å². The van der Waals surface area contributed by atoms with Crippen LogP contribution < -0.4 is 16.0 Å². The van der Waals surface area contributed by atoms with Gasteiger partial charge in [0.1, 0.15) is 11.9 Å². The first-order chi connectivity index (χ1) is 13.4. The minimum absolute atomic E-state index is 0.00201. The number of likely N-dealkylation sites (tertiary alicyclic amines) is 1. The number of hydrogen-bond acceptors (Lipinski definition) is 5. The molecule has 1 aromatic carbocycles. The van der Waals surface area contributed by atoms with Gasteiger partial charge in [-0.2, -0.15) is 0 Å². The first-order valence-electron chi connectivity index (χ1n) is 9.39. The molecule has 4 atom stereocenters. The second-order valence-corrected chi connectivity index (χ2v) is 7.62. The Bertz CT molecular complexity index is 820. The smallest absolute Gasteiger partial charge is 0.414 e. The molecule has 150 valence electrons. The Kier molecular flexibility index (Phi) is 4.70. The molecule has 1 saturated carbocycles. The number of nitrogens with zero attached hydrogens (tertiary/aromatic N) is 2. The monoisotopic (exact) mass is 390 g/mol. The lowest BCUT2D eigenvalue weighted by Gasteiger charge is -2.20. The molecule has 2 heterocycles. The topological polar surface area (TPSA) is 105 Å². The van der Waals surface area contributed by atoms with Crippen LogP contribution in [0.5, 0.6) is 0 Å². The van der Waals surface area contributed by atoms with Gasteiger partial charge in [0.25, 0.3) is 0 Å². The Balaban J connectivity index is 1.40. The van der Waals surface area contributed by atoms with Crippen molar-refractivity contribution in [1.82, 2.24) is 10.2 Å². The van der Waals surface area contributed by atoms with Gasteiger partial charge in [0.15, 0.2) is 0 Å². The molecule has 28 heavy (non-hydrogen) atoms. The molecule has 0 unspecified atom stereocenters. The number of ether oxygens (including phenoxy) is 1. The highest BCUT2D eigenvalue weighted by molar-refractivity contribution is 5.90. The number of carbonyl (C=O) groups is 3. The molecule has 3 fully saturated rings. The Morgan fingerprint density at radius 2 is 2.00 bits per heavy atom. The van der Waals surface area contributed by atoms with Crippen LogP contribution in [0.4, 0.5) is 14.9 Å². The predicted molar refractivity (Wildman–Crippen MR) is 98.1 cm³/mol. The van der Waals surface area contributed by atoms with Crippen LogP contribution in [0.1, 0.15) is 18.4 Å². The van der Waals surface area contributed by atoms with Gasteiger partial charge in [0.05, 0.1) is 25.3 Å². The number of amides is 3. The van der Waals surface area contributed by atoms with Crippen LogP contribution in [0.3, 0.4) is 0 Å². The van der Waals surface area contributed by atoms with Crippen molar-refractivity contribution in [2.45, 2.75) is 18.9 Å². The van der Waals surface area contributed by atoms with Crippen molar-refractivity contribution in [2.24, 2.45) is 17.6 Å². The molecule has 0 spiro atoms. The quantitative estimate of drug-likeness (QED) is 0.758. The highest BCUT2D eigenvalue weighted by Gasteiger charge is 2.57. The molecule has 1 aromatic rings. The third-order valence-corrected chi connectivity index (χ3v) is 5.83. The third-order valence-electron chi connectivity index (χ3n) is 5.83. The van der Waals surface area contributed by atoms with Crippen molar-refractivity contribution < 1.29 is 23.5 Å². The highest BCUT2D eigenvalue weighted by atomic mass is 19.1. The minimum atomic E-state index is -0.554. The molecule has 8 nitrogen and oxygen atoms in total. The molecule has 4 rings (SSSR count). The number of anilines is 1. The summed E-state index contributed by atoms with van der Waals surface area (Å²) in [5.74, 6) is 0.0274. The molecule has 3 N–H and O–H groups in total. The average molecular weight is 390 g/mol. The molecule has 3 aliphatic rings. The molecule has 0 radical (unpaired) electrons. The molecule has 3 amide bonds. The number of hydrogen-bond donors (Lipinski definition) is 2. The summed E-state index contributed by atoms with van der Waals surface area (Å²) in [4.78, 5) is 37.9. The number of nitrogens with one attached hydrogen (secondary N) is 1. The summed E-state index contributed by atoms with van der Waals surface area (Å²) >= 11 is 0. The van der Waals surface area contributed by atoms with E-state index in [2.05, 4.69) is 5.32 Å². The molecule has 2 aliphatic heterocycles. The third kappa shape index (κ3) is 3.30. The lowest BCUT2D eigenvalue weighted by atomic mass is 10.0. The van der Waals surface area contributed by atoms with Gasteiger partial charge >= 0.3 is 6.09 Å². The van der Waals surface area contributed by atoms with E-state index in [1.807, 2.05) is 0 Å². The van der Waals surface area contributed by atoms with Crippen LogP contribution in [0.2, 0.25) is 0 Å². The van der Waals surface area contributed by atoms with E-state index in [9.17, 15) is 18.8 Å². The van der Waals surface area contributed by atoms with E-state index in [0.717, 1.165) is 0 Å². The van der Waals surface area contributed by atoms with Crippen LogP contribution in [-0.4, -0.2) is 61.6 Å². The zero-order valence-electron chi connectivity index (χ0n) is 15.6. The summed E-state index contributed by atoms with van der Waals surface area (Å²) in [5, 5.41) is 2.61. The predicted octanol–water partition coefficient (Wildman–Crippen LogP) is 0.417. The van der Waals surface area contributed by atoms with Crippen LogP contribution in [-0.2, 0) is 14.3 Å². The largest absolute Gasteiger partial charge is 0.442 e. The SMILES string of the molecule is CC(=O)NC[C@H]1CN(c2ccc([C@H]3[C@@H]4CN(C(=O)CN)C[C@@H]43)c(F)c2)C(=O)O1. The number of nitrogens with two attached hydrogens (primary N) is 1. The summed E-state index contributed by atoms with van der Waals surface area (Å²) in [6.07, 6.45) is -1.02. The lowest BCUT2D eigenvalue weighted by Crippen LogP contribution is -2.36. The first-order valence-corrected chi connectivity index (χ1v) is 9.39. The van der Waals surface area contributed by atoms with Gasteiger partial charge in [0.2, 0.25) is 11.8 Å². The number of piperidine rings is 1. The van der Waals surface area contributed by atoms with Crippen molar-refractivity contribution in [1.29, 1.82) is 0 Å². The Hall–Kier alpha value is -2.68. The maximum absolute atomic E-state index is 14.8. The summed E-state index contributed by atoms with van der Waals surface area (Å²) in [5.41, 5.74) is 6.46. The fourth-order valence-corrected chi connectivity index (χ4v) is 4.37. The van der Waals surface area contributed by atoms with Crippen LogP contribution in [0, 0.1) is 17.7 Å². The molecule has 9 heteroatoms. The zero-order valence-corrected chi connectivity index (χ0v) is 15.6. The van der Waals surface area contributed by atoms with E-state index in [-0.39, 0.29) is 55.0 Å². The fourth-order valence-electron chi connectivity index (χ4n) is 4.37. The van der Waals surface area contributed by atoms with Gasteiger partial charge in [-0.3, -0.25) is 14.5 Å². The lowest BCUT2D eigenvalue weighted by molar-refractivity contribution is -0.129. The van der Waals surface area contributed by atoms with Gasteiger partial charge in [-0.25, -0.2) is 9.18 Å². The zero-order chi connectivity index (χ0) is 20.0. The van der Waals surface area contributed by atoms with Crippen molar-refractivity contribution in [3.05, 3.63) is 29.6 Å². The van der Waals surface area contributed by atoms with Crippen molar-refractivity contribution >= 4 is 23.6 Å². The van der Waals surface area contributed by atoms with E-state index >= 15 is 0 Å². The number of halogens is 1. The van der Waals surface area contributed by atoms with E-state index in [1.165, 1.54) is 17.9 Å². The minimum Gasteiger partial charge on any atom is -0.442 e. The van der Waals surface area contributed by atoms with Gasteiger partial charge in [-0.05, 0) is 35.4 Å². The van der Waals surface area contributed by atoms with Gasteiger partial charge in [-0.15, -0.1) is 0 Å². The maximum atomic E-state index is 14.8. The van der Waals surface area contributed by atoms with Crippen LogP contribution in [0.15, 0.2) is 18.2 Å². The van der Waals surface area contributed by atoms with E-state index in [4.69, 9.17) is 10.5 Å². The highest BCUT2D eigenvalue weighted by Crippen LogP contribution is 2.58. The number of carbonyl (C=O) groups excluding carboxylic acids is 3. The summed E-state index contributed by atoms with van der Waals surface area (Å²) < 4.78 is 20.0. The molecule has 0 bridgehead atoms. The van der Waals surface area contributed by atoms with Crippen molar-refractivity contribution in [3.63, 3.8) is 0 Å². The van der Waals surface area contributed by atoms with Gasteiger partial charge in [0, 0.05) is 20.0 Å². The molecular formula is C19H23FN4O4. The molecule has 2 saturated heterocycles. The number of rotatable bonds is 5. The second kappa shape index (κ2) is 7.05. The fraction of sp³-hybridized carbons (Fsp3) is 0.526. The van der Waals surface area contributed by atoms with E-state index < -0.39 is 12.2 Å². The molecule has 0 aromatic heterocycles. The number of fused-ring (bicyclic) bond motifs is 1. The number of benzene rings is 1. The van der Waals surface area contributed by atoms with Crippen LogP contribution >= 0.6 is 0 Å². The standard InChI is InChI=1S/C19H23FN4O4/c1-10(25)22-6-12-7-24(19(27)28-12)11-2-3-13(16(20)4-11)18-14-8-23(9-15(14)18)17(26)5-21/h2-4,12,14-15,18H,5-9,21H2,1H3,(H,22,25)/t12-,14-,15+,18+/m0/s1. The summed E-state index contributed by atoms with van der Waals surface area (Å²) in [7, 11) is 0. The Labute approximate surface area is 161 Å². The number of cyclic esters (lactones) is 1. The molecule has 1 aliphatic carbocycles. The Morgan fingerprint density at radius 3 is 2.61 bits per heavy atom. The summed E-state index contributed by atoms with van der Waals surface area (Å²) in [6.45, 7) is 3.11. The van der Waals surface area contributed by atoms with Crippen molar-refractivity contribution in [2.75, 3.05) is 37.6 Å². The van der Waals surface area contributed by atoms with E-state index in [0.29, 0.717) is 24.3 Å².